The van der Waals surface area contributed by atoms with Gasteiger partial charge in [-0.3, -0.25) is 9.69 Å². The van der Waals surface area contributed by atoms with E-state index >= 15 is 0 Å². The molecule has 0 bridgehead atoms. The molecule has 3 heterocycles. The molecule has 1 aromatic carbocycles. The van der Waals surface area contributed by atoms with Crippen LogP contribution in [0.2, 0.25) is 0 Å². The first-order valence-electron chi connectivity index (χ1n) is 8.25. The summed E-state index contributed by atoms with van der Waals surface area (Å²) in [5.74, 6) is 0. The first-order valence-corrected chi connectivity index (χ1v) is 10.3. The van der Waals surface area contributed by atoms with Crippen LogP contribution >= 0.6 is 23.1 Å². The van der Waals surface area contributed by atoms with Gasteiger partial charge in [-0.25, -0.2) is 4.98 Å². The molecule has 0 unspecified atom stereocenters. The van der Waals surface area contributed by atoms with Gasteiger partial charge in [0, 0.05) is 35.8 Å². The molecule has 128 valence electrons. The lowest BCUT2D eigenvalue weighted by Gasteiger charge is -2.27. The van der Waals surface area contributed by atoms with Crippen LogP contribution in [0.5, 0.6) is 0 Å². The second kappa shape index (κ2) is 7.15. The summed E-state index contributed by atoms with van der Waals surface area (Å²) in [7, 11) is 0. The van der Waals surface area contributed by atoms with E-state index in [4.69, 9.17) is 0 Å². The van der Waals surface area contributed by atoms with Crippen LogP contribution in [-0.2, 0) is 19.5 Å². The number of aromatic amines is 1. The lowest BCUT2D eigenvalue weighted by molar-refractivity contribution is 0.243. The fraction of sp³-hybridized carbons (Fsp3) is 0.263. The summed E-state index contributed by atoms with van der Waals surface area (Å²) in [6.07, 6.45) is 2.77. The van der Waals surface area contributed by atoms with E-state index in [0.29, 0.717) is 11.7 Å². The van der Waals surface area contributed by atoms with Crippen LogP contribution < -0.4 is 5.56 Å². The zero-order valence-electron chi connectivity index (χ0n) is 14.0. The molecule has 3 aromatic rings. The number of nitrogens with zero attached hydrogens (tertiary/aromatic N) is 2. The third-order valence-electron chi connectivity index (χ3n) is 4.42. The molecular formula is C19H19N3OS2. The molecule has 1 aliphatic heterocycles. The van der Waals surface area contributed by atoms with Crippen molar-refractivity contribution < 1.29 is 0 Å². The lowest BCUT2D eigenvalue weighted by Crippen LogP contribution is -2.35. The maximum Gasteiger partial charge on any atom is 0.256 e. The van der Waals surface area contributed by atoms with Crippen molar-refractivity contribution in [3.8, 4) is 10.4 Å². The molecule has 4 rings (SSSR count). The summed E-state index contributed by atoms with van der Waals surface area (Å²) >= 11 is 3.31. The Labute approximate surface area is 154 Å². The zero-order valence-corrected chi connectivity index (χ0v) is 15.6. The Morgan fingerprint density at radius 1 is 1.24 bits per heavy atom. The number of thiophene rings is 1. The van der Waals surface area contributed by atoms with E-state index in [0.717, 1.165) is 30.8 Å². The van der Waals surface area contributed by atoms with Gasteiger partial charge in [0.05, 0.1) is 11.3 Å². The predicted molar refractivity (Wildman–Crippen MR) is 104 cm³/mol. The van der Waals surface area contributed by atoms with Crippen molar-refractivity contribution in [2.24, 2.45) is 0 Å². The average Bonchev–Trinajstić information content (AvgIpc) is 3.11. The number of H-pyrrole nitrogens is 1. The topological polar surface area (TPSA) is 49.0 Å². The van der Waals surface area contributed by atoms with Crippen molar-refractivity contribution in [1.82, 2.24) is 14.9 Å². The summed E-state index contributed by atoms with van der Waals surface area (Å²) < 4.78 is 0. The highest BCUT2D eigenvalue weighted by Crippen LogP contribution is 2.29. The van der Waals surface area contributed by atoms with Crippen molar-refractivity contribution in [1.29, 1.82) is 0 Å². The molecule has 0 spiro atoms. The van der Waals surface area contributed by atoms with Gasteiger partial charge in [0.15, 0.2) is 5.16 Å². The maximum atomic E-state index is 12.3. The Bertz CT molecular complexity index is 933. The van der Waals surface area contributed by atoms with Crippen LogP contribution in [0.4, 0.5) is 0 Å². The van der Waals surface area contributed by atoms with E-state index in [2.05, 4.69) is 51.3 Å². The zero-order chi connectivity index (χ0) is 17.2. The van der Waals surface area contributed by atoms with E-state index in [9.17, 15) is 4.79 Å². The third-order valence-corrected chi connectivity index (χ3v) is 6.12. The molecule has 0 amide bonds. The van der Waals surface area contributed by atoms with Gasteiger partial charge in [-0.1, -0.05) is 42.1 Å². The summed E-state index contributed by atoms with van der Waals surface area (Å²) in [6.45, 7) is 2.49. The largest absolute Gasteiger partial charge is 0.301 e. The molecule has 1 aliphatic rings. The van der Waals surface area contributed by atoms with Gasteiger partial charge in [0.25, 0.3) is 5.56 Å². The number of hydrogen-bond acceptors (Lipinski definition) is 5. The van der Waals surface area contributed by atoms with Crippen molar-refractivity contribution in [3.05, 3.63) is 69.0 Å². The molecule has 0 atom stereocenters. The highest BCUT2D eigenvalue weighted by atomic mass is 32.2. The van der Waals surface area contributed by atoms with Gasteiger partial charge in [-0.05, 0) is 24.0 Å². The van der Waals surface area contributed by atoms with Crippen molar-refractivity contribution in [2.75, 3.05) is 12.8 Å². The monoisotopic (exact) mass is 369 g/mol. The van der Waals surface area contributed by atoms with Gasteiger partial charge in [0.1, 0.15) is 0 Å². The third kappa shape index (κ3) is 3.56. The summed E-state index contributed by atoms with van der Waals surface area (Å²) in [5, 5.41) is 0.711. The minimum atomic E-state index is 0.00945. The van der Waals surface area contributed by atoms with Crippen LogP contribution in [-0.4, -0.2) is 27.7 Å². The van der Waals surface area contributed by atoms with Crippen LogP contribution in [0.15, 0.2) is 52.4 Å². The molecule has 6 heteroatoms. The number of nitrogens with one attached hydrogen (secondary N) is 1. The van der Waals surface area contributed by atoms with Crippen LogP contribution in [0.25, 0.3) is 10.4 Å². The highest BCUT2D eigenvalue weighted by Gasteiger charge is 2.21. The molecule has 4 nitrogen and oxygen atoms in total. The minimum Gasteiger partial charge on any atom is -0.301 e. The quantitative estimate of drug-likeness (QED) is 0.562. The van der Waals surface area contributed by atoms with E-state index in [1.165, 1.54) is 27.1 Å². The minimum absolute atomic E-state index is 0.00945. The van der Waals surface area contributed by atoms with E-state index in [-0.39, 0.29) is 5.56 Å². The molecule has 1 N–H and O–H groups in total. The number of rotatable bonds is 4. The smallest absolute Gasteiger partial charge is 0.256 e. The Balaban J connectivity index is 1.50. The number of aromatic nitrogens is 2. The molecule has 0 fully saturated rings. The van der Waals surface area contributed by atoms with E-state index in [1.54, 1.807) is 0 Å². The average molecular weight is 370 g/mol. The Kier molecular flexibility index (Phi) is 4.74. The first kappa shape index (κ1) is 16.6. The predicted octanol–water partition coefficient (Wildman–Crippen LogP) is 3.78. The fourth-order valence-corrected chi connectivity index (χ4v) is 4.58. The van der Waals surface area contributed by atoms with Gasteiger partial charge in [-0.2, -0.15) is 0 Å². The molecule has 0 radical (unpaired) electrons. The molecule has 25 heavy (non-hydrogen) atoms. The molecular weight excluding hydrogens is 350 g/mol. The first-order chi connectivity index (χ1) is 12.2. The van der Waals surface area contributed by atoms with Crippen LogP contribution in [0.3, 0.4) is 0 Å². The van der Waals surface area contributed by atoms with E-state index in [1.807, 2.05) is 23.7 Å². The highest BCUT2D eigenvalue weighted by molar-refractivity contribution is 7.98. The van der Waals surface area contributed by atoms with Crippen molar-refractivity contribution in [2.45, 2.75) is 24.7 Å². The Morgan fingerprint density at radius 2 is 2.08 bits per heavy atom. The number of benzene rings is 1. The van der Waals surface area contributed by atoms with E-state index < -0.39 is 0 Å². The number of hydrogen-bond donors (Lipinski definition) is 1. The molecule has 0 aliphatic carbocycles. The molecule has 0 saturated heterocycles. The van der Waals surface area contributed by atoms with Crippen molar-refractivity contribution >= 4 is 23.1 Å². The number of thioether (sulfide) groups is 1. The second-order valence-electron chi connectivity index (χ2n) is 6.09. The fourth-order valence-electron chi connectivity index (χ4n) is 3.13. The second-order valence-corrected chi connectivity index (χ2v) is 8.06. The summed E-state index contributed by atoms with van der Waals surface area (Å²) in [6, 6.07) is 14.8. The normalized spacial score (nSPS) is 14.4. The Morgan fingerprint density at radius 3 is 2.88 bits per heavy atom. The molecule has 0 saturated carbocycles. The van der Waals surface area contributed by atoms with Gasteiger partial charge in [-0.15, -0.1) is 11.3 Å². The van der Waals surface area contributed by atoms with Crippen molar-refractivity contribution in [3.63, 3.8) is 0 Å². The summed E-state index contributed by atoms with van der Waals surface area (Å²) in [5.41, 5.74) is 3.05. The maximum absolute atomic E-state index is 12.3. The SMILES string of the molecule is CSc1nc2c(c(=O)[nH]1)CN(Cc1ccc(-c3ccccc3)s1)CC2. The van der Waals surface area contributed by atoms with Crippen LogP contribution in [0, 0.1) is 0 Å². The standard InChI is InChI=1S/C19H19N3OS2/c1-24-19-20-16-9-10-22(12-15(16)18(23)21-19)11-14-7-8-17(25-14)13-5-3-2-4-6-13/h2-8H,9-12H2,1H3,(H,20,21,23). The molecule has 2 aromatic heterocycles. The summed E-state index contributed by atoms with van der Waals surface area (Å²) in [4.78, 5) is 24.7. The lowest BCUT2D eigenvalue weighted by atomic mass is 10.1. The van der Waals surface area contributed by atoms with Gasteiger partial charge >= 0.3 is 0 Å². The van der Waals surface area contributed by atoms with Gasteiger partial charge in [0.2, 0.25) is 0 Å². The van der Waals surface area contributed by atoms with Crippen LogP contribution in [0.1, 0.15) is 16.1 Å². The Hall–Kier alpha value is -1.89. The number of fused-ring (bicyclic) bond motifs is 1. The van der Waals surface area contributed by atoms with Gasteiger partial charge < -0.3 is 4.98 Å².